The third-order valence-electron chi connectivity index (χ3n) is 3.38. The van der Waals surface area contributed by atoms with Crippen molar-refractivity contribution in [3.8, 4) is 0 Å². The number of nitrogens with two attached hydrogens (primary N) is 1. The van der Waals surface area contributed by atoms with Crippen LogP contribution in [0.25, 0.3) is 0 Å². The molecule has 1 aliphatic heterocycles. The molecule has 1 heterocycles. The van der Waals surface area contributed by atoms with Crippen molar-refractivity contribution < 1.29 is 13.2 Å². The van der Waals surface area contributed by atoms with E-state index in [2.05, 4.69) is 5.32 Å². The van der Waals surface area contributed by atoms with Crippen molar-refractivity contribution >= 4 is 5.69 Å². The van der Waals surface area contributed by atoms with Crippen molar-refractivity contribution in [3.05, 3.63) is 29.3 Å². The highest BCUT2D eigenvalue weighted by molar-refractivity contribution is 5.49. The molecule has 1 fully saturated rings. The molecule has 2 rings (SSSR count). The Morgan fingerprint density at radius 2 is 2.11 bits per heavy atom. The minimum Gasteiger partial charge on any atom is -0.399 e. The summed E-state index contributed by atoms with van der Waals surface area (Å²) >= 11 is 0. The maximum atomic E-state index is 12.6. The zero-order valence-electron chi connectivity index (χ0n) is 10.1. The van der Waals surface area contributed by atoms with Crippen LogP contribution in [0.1, 0.15) is 24.0 Å². The summed E-state index contributed by atoms with van der Waals surface area (Å²) in [6.45, 7) is 1.85. The Morgan fingerprint density at radius 3 is 2.72 bits per heavy atom. The molecule has 1 aromatic rings. The number of halogens is 3. The van der Waals surface area contributed by atoms with Gasteiger partial charge in [-0.3, -0.25) is 0 Å². The first-order valence-electron chi connectivity index (χ1n) is 6.13. The Balaban J connectivity index is 2.15. The molecule has 0 spiro atoms. The third kappa shape index (κ3) is 3.16. The molecule has 2 nitrogen and oxygen atoms in total. The van der Waals surface area contributed by atoms with E-state index in [0.717, 1.165) is 32.0 Å². The summed E-state index contributed by atoms with van der Waals surface area (Å²) < 4.78 is 37.9. The second-order valence-electron chi connectivity index (χ2n) is 4.83. The summed E-state index contributed by atoms with van der Waals surface area (Å²) in [5.74, 6) is 0.379. The number of benzene rings is 1. The van der Waals surface area contributed by atoms with Crippen molar-refractivity contribution in [1.82, 2.24) is 5.32 Å². The number of hydrogen-bond donors (Lipinski definition) is 2. The first-order chi connectivity index (χ1) is 8.47. The van der Waals surface area contributed by atoms with E-state index in [1.807, 2.05) is 0 Å². The highest BCUT2D eigenvalue weighted by Gasteiger charge is 2.31. The predicted octanol–water partition coefficient (Wildman–Crippen LogP) is 2.83. The van der Waals surface area contributed by atoms with Gasteiger partial charge in [-0.2, -0.15) is 13.2 Å². The fourth-order valence-corrected chi connectivity index (χ4v) is 2.37. The molecule has 0 radical (unpaired) electrons. The van der Waals surface area contributed by atoms with Gasteiger partial charge in [0.05, 0.1) is 5.56 Å². The first-order valence-corrected chi connectivity index (χ1v) is 6.13. The van der Waals surface area contributed by atoms with Gasteiger partial charge in [-0.15, -0.1) is 0 Å². The average molecular weight is 258 g/mol. The summed E-state index contributed by atoms with van der Waals surface area (Å²) in [4.78, 5) is 0. The first kappa shape index (κ1) is 13.2. The van der Waals surface area contributed by atoms with Crippen molar-refractivity contribution in [3.63, 3.8) is 0 Å². The topological polar surface area (TPSA) is 38.0 Å². The Kier molecular flexibility index (Phi) is 3.80. The Labute approximate surface area is 104 Å². The summed E-state index contributed by atoms with van der Waals surface area (Å²) in [5.41, 5.74) is 6.21. The fraction of sp³-hybridized carbons (Fsp3) is 0.538. The van der Waals surface area contributed by atoms with Gasteiger partial charge in [0, 0.05) is 5.69 Å². The van der Waals surface area contributed by atoms with E-state index in [-0.39, 0.29) is 0 Å². The molecule has 0 bridgehead atoms. The van der Waals surface area contributed by atoms with E-state index in [9.17, 15) is 13.2 Å². The second kappa shape index (κ2) is 5.18. The lowest BCUT2D eigenvalue weighted by Gasteiger charge is -2.23. The van der Waals surface area contributed by atoms with E-state index >= 15 is 0 Å². The van der Waals surface area contributed by atoms with Gasteiger partial charge in [-0.1, -0.05) is 0 Å². The van der Waals surface area contributed by atoms with Crippen LogP contribution in [0.2, 0.25) is 0 Å². The molecule has 0 saturated carbocycles. The number of alkyl halides is 3. The molecule has 5 heteroatoms. The summed E-state index contributed by atoms with van der Waals surface area (Å²) in [5, 5.41) is 3.26. The van der Waals surface area contributed by atoms with Crippen LogP contribution in [0.5, 0.6) is 0 Å². The number of nitrogen functional groups attached to an aromatic ring is 1. The normalized spacial score (nSPS) is 20.9. The quantitative estimate of drug-likeness (QED) is 0.800. The molecule has 1 unspecified atom stereocenters. The molecule has 1 saturated heterocycles. The van der Waals surface area contributed by atoms with Gasteiger partial charge in [-0.05, 0) is 62.0 Å². The number of anilines is 1. The summed E-state index contributed by atoms with van der Waals surface area (Å²) in [7, 11) is 0. The monoisotopic (exact) mass is 258 g/mol. The third-order valence-corrected chi connectivity index (χ3v) is 3.38. The number of nitrogens with one attached hydrogen (secondary N) is 1. The molecular formula is C13H17F3N2. The van der Waals surface area contributed by atoms with Crippen molar-refractivity contribution in [2.75, 3.05) is 18.8 Å². The Hall–Kier alpha value is -1.23. The Bertz CT molecular complexity index is 409. The molecule has 0 aromatic heterocycles. The molecular weight excluding hydrogens is 241 g/mol. The average Bonchev–Trinajstić information content (AvgIpc) is 2.32. The van der Waals surface area contributed by atoms with Gasteiger partial charge in [-0.25, -0.2) is 0 Å². The van der Waals surface area contributed by atoms with Crippen LogP contribution in [0, 0.1) is 5.92 Å². The molecule has 0 aliphatic carbocycles. The number of rotatable bonds is 2. The van der Waals surface area contributed by atoms with Gasteiger partial charge in [0.25, 0.3) is 0 Å². The molecule has 0 amide bonds. The van der Waals surface area contributed by atoms with E-state index in [0.29, 0.717) is 23.6 Å². The van der Waals surface area contributed by atoms with Crippen LogP contribution in [-0.4, -0.2) is 13.1 Å². The van der Waals surface area contributed by atoms with Gasteiger partial charge >= 0.3 is 6.18 Å². The van der Waals surface area contributed by atoms with Crippen LogP contribution < -0.4 is 11.1 Å². The maximum Gasteiger partial charge on any atom is 0.416 e. The largest absolute Gasteiger partial charge is 0.416 e. The second-order valence-corrected chi connectivity index (χ2v) is 4.83. The molecule has 3 N–H and O–H groups in total. The van der Waals surface area contributed by atoms with Crippen LogP contribution in [0.4, 0.5) is 18.9 Å². The van der Waals surface area contributed by atoms with Crippen LogP contribution in [0.3, 0.4) is 0 Å². The van der Waals surface area contributed by atoms with Crippen molar-refractivity contribution in [1.29, 1.82) is 0 Å². The summed E-state index contributed by atoms with van der Waals surface area (Å²) in [6, 6.07) is 3.58. The lowest BCUT2D eigenvalue weighted by molar-refractivity contribution is -0.137. The highest BCUT2D eigenvalue weighted by atomic mass is 19.4. The number of piperidine rings is 1. The van der Waals surface area contributed by atoms with E-state index in [4.69, 9.17) is 5.73 Å². The molecule has 18 heavy (non-hydrogen) atoms. The molecule has 1 atom stereocenters. The van der Waals surface area contributed by atoms with Gasteiger partial charge < -0.3 is 11.1 Å². The summed E-state index contributed by atoms with van der Waals surface area (Å²) in [6.07, 6.45) is -1.57. The maximum absolute atomic E-state index is 12.6. The van der Waals surface area contributed by atoms with Crippen LogP contribution in [0.15, 0.2) is 18.2 Å². The van der Waals surface area contributed by atoms with E-state index in [1.165, 1.54) is 12.1 Å². The SMILES string of the molecule is Nc1ccc(C(F)(F)F)cc1CC1CCCNC1. The minimum absolute atomic E-state index is 0.379. The zero-order chi connectivity index (χ0) is 13.2. The molecule has 1 aliphatic rings. The predicted molar refractivity (Wildman–Crippen MR) is 65.2 cm³/mol. The lowest BCUT2D eigenvalue weighted by atomic mass is 9.91. The van der Waals surface area contributed by atoms with Gasteiger partial charge in [0.15, 0.2) is 0 Å². The van der Waals surface area contributed by atoms with Gasteiger partial charge in [0.2, 0.25) is 0 Å². The van der Waals surface area contributed by atoms with E-state index in [1.54, 1.807) is 0 Å². The zero-order valence-corrected chi connectivity index (χ0v) is 10.1. The highest BCUT2D eigenvalue weighted by Crippen LogP contribution is 2.32. The van der Waals surface area contributed by atoms with Crippen molar-refractivity contribution in [2.24, 2.45) is 5.92 Å². The standard InChI is InChI=1S/C13H17F3N2/c14-13(15,16)11-3-4-12(17)10(7-11)6-9-2-1-5-18-8-9/h3-4,7,9,18H,1-2,5-6,8,17H2. The Morgan fingerprint density at radius 1 is 1.33 bits per heavy atom. The number of hydrogen-bond acceptors (Lipinski definition) is 2. The fourth-order valence-electron chi connectivity index (χ4n) is 2.37. The van der Waals surface area contributed by atoms with Crippen LogP contribution >= 0.6 is 0 Å². The molecule has 100 valence electrons. The minimum atomic E-state index is -4.30. The molecule has 1 aromatic carbocycles. The van der Waals surface area contributed by atoms with E-state index < -0.39 is 11.7 Å². The van der Waals surface area contributed by atoms with Gasteiger partial charge in [0.1, 0.15) is 0 Å². The lowest BCUT2D eigenvalue weighted by Crippen LogP contribution is -2.31. The van der Waals surface area contributed by atoms with Crippen molar-refractivity contribution in [2.45, 2.75) is 25.4 Å². The van der Waals surface area contributed by atoms with Crippen LogP contribution in [-0.2, 0) is 12.6 Å². The smallest absolute Gasteiger partial charge is 0.399 e.